The van der Waals surface area contributed by atoms with E-state index in [2.05, 4.69) is 10.2 Å². The number of hydrogen-bond acceptors (Lipinski definition) is 5. The lowest BCUT2D eigenvalue weighted by atomic mass is 10.2. The van der Waals surface area contributed by atoms with Crippen LogP contribution in [-0.2, 0) is 22.9 Å². The third-order valence-corrected chi connectivity index (χ3v) is 8.27. The standard InChI is InChI=1S/C17H22N4O3S2/c1-11-10-15(12(2)25-11)26(23,24)21-8-6-20(7-9-21)17(22)16-13-4-3-5-14(13)18-19-16/h10H,3-9H2,1-2H3,(H,18,19). The van der Waals surface area contributed by atoms with Crippen LogP contribution in [0.4, 0.5) is 0 Å². The minimum Gasteiger partial charge on any atom is -0.335 e. The third kappa shape index (κ3) is 2.87. The van der Waals surface area contributed by atoms with Crippen molar-refractivity contribution in [2.24, 2.45) is 0 Å². The third-order valence-electron chi connectivity index (χ3n) is 5.15. The molecule has 0 unspecified atom stereocenters. The first kappa shape index (κ1) is 17.7. The van der Waals surface area contributed by atoms with Gasteiger partial charge < -0.3 is 4.90 Å². The van der Waals surface area contributed by atoms with Crippen LogP contribution in [0.2, 0.25) is 0 Å². The van der Waals surface area contributed by atoms with Crippen LogP contribution >= 0.6 is 11.3 Å². The number of aromatic amines is 1. The van der Waals surface area contributed by atoms with Crippen LogP contribution in [0.5, 0.6) is 0 Å². The maximum Gasteiger partial charge on any atom is 0.274 e. The molecule has 3 heterocycles. The lowest BCUT2D eigenvalue weighted by molar-refractivity contribution is 0.0691. The number of aromatic nitrogens is 2. The zero-order chi connectivity index (χ0) is 18.5. The molecule has 2 aromatic heterocycles. The van der Waals surface area contributed by atoms with Gasteiger partial charge in [-0.1, -0.05) is 0 Å². The minimum absolute atomic E-state index is 0.0935. The molecule has 0 atom stereocenters. The van der Waals surface area contributed by atoms with E-state index in [-0.39, 0.29) is 5.91 Å². The number of nitrogens with zero attached hydrogens (tertiary/aromatic N) is 3. The monoisotopic (exact) mass is 394 g/mol. The second kappa shape index (κ2) is 6.47. The number of nitrogens with one attached hydrogen (secondary N) is 1. The summed E-state index contributed by atoms with van der Waals surface area (Å²) < 4.78 is 27.3. The summed E-state index contributed by atoms with van der Waals surface area (Å²) in [4.78, 5) is 16.7. The number of H-pyrrole nitrogens is 1. The van der Waals surface area contributed by atoms with Gasteiger partial charge >= 0.3 is 0 Å². The van der Waals surface area contributed by atoms with Crippen molar-refractivity contribution in [1.29, 1.82) is 0 Å². The van der Waals surface area contributed by atoms with Crippen LogP contribution in [0.15, 0.2) is 11.0 Å². The SMILES string of the molecule is Cc1cc(S(=O)(=O)N2CCN(C(=O)c3n[nH]c4c3CCC4)CC2)c(C)s1. The number of carbonyl (C=O) groups excluding carboxylic acids is 1. The summed E-state index contributed by atoms with van der Waals surface area (Å²) in [5.41, 5.74) is 2.62. The van der Waals surface area contributed by atoms with Crippen molar-refractivity contribution >= 4 is 27.3 Å². The van der Waals surface area contributed by atoms with Crippen LogP contribution in [0.3, 0.4) is 0 Å². The van der Waals surface area contributed by atoms with E-state index in [0.29, 0.717) is 36.8 Å². The first-order valence-corrected chi connectivity index (χ1v) is 11.1. The maximum absolute atomic E-state index is 12.9. The highest BCUT2D eigenvalue weighted by molar-refractivity contribution is 7.89. The molecule has 2 aliphatic rings. The van der Waals surface area contributed by atoms with Crippen molar-refractivity contribution in [2.45, 2.75) is 38.0 Å². The van der Waals surface area contributed by atoms with E-state index in [9.17, 15) is 13.2 Å². The van der Waals surface area contributed by atoms with Crippen molar-refractivity contribution < 1.29 is 13.2 Å². The van der Waals surface area contributed by atoms with Crippen LogP contribution < -0.4 is 0 Å². The first-order valence-electron chi connectivity index (χ1n) is 8.80. The van der Waals surface area contributed by atoms with Crippen molar-refractivity contribution in [3.05, 3.63) is 32.8 Å². The summed E-state index contributed by atoms with van der Waals surface area (Å²) in [5, 5.41) is 7.16. The average molecular weight is 395 g/mol. The Labute approximate surface area is 157 Å². The highest BCUT2D eigenvalue weighted by Crippen LogP contribution is 2.29. The number of carbonyl (C=O) groups is 1. The van der Waals surface area contributed by atoms with Gasteiger partial charge in [-0.3, -0.25) is 9.89 Å². The molecule has 0 bridgehead atoms. The van der Waals surface area contributed by atoms with E-state index in [0.717, 1.165) is 40.3 Å². The summed E-state index contributed by atoms with van der Waals surface area (Å²) in [6.07, 6.45) is 2.88. The van der Waals surface area contributed by atoms with Gasteiger partial charge in [-0.05, 0) is 39.2 Å². The molecule has 26 heavy (non-hydrogen) atoms. The first-order chi connectivity index (χ1) is 12.4. The topological polar surface area (TPSA) is 86.4 Å². The Morgan fingerprint density at radius 3 is 2.58 bits per heavy atom. The lowest BCUT2D eigenvalue weighted by Gasteiger charge is -2.33. The molecule has 9 heteroatoms. The van der Waals surface area contributed by atoms with Gasteiger partial charge in [0.2, 0.25) is 10.0 Å². The summed E-state index contributed by atoms with van der Waals surface area (Å²) >= 11 is 1.49. The molecule has 1 N–H and O–H groups in total. The number of thiophene rings is 1. The number of aryl methyl sites for hydroxylation is 3. The molecular formula is C17H22N4O3S2. The second-order valence-electron chi connectivity index (χ2n) is 6.86. The summed E-state index contributed by atoms with van der Waals surface area (Å²) in [6.45, 7) is 5.16. The van der Waals surface area contributed by atoms with E-state index < -0.39 is 10.0 Å². The Kier molecular flexibility index (Phi) is 4.40. The molecule has 7 nitrogen and oxygen atoms in total. The van der Waals surface area contributed by atoms with Gasteiger partial charge in [-0.2, -0.15) is 9.40 Å². The fraction of sp³-hybridized carbons (Fsp3) is 0.529. The summed E-state index contributed by atoms with van der Waals surface area (Å²) in [6, 6.07) is 1.74. The molecule has 1 saturated heterocycles. The van der Waals surface area contributed by atoms with Crippen molar-refractivity contribution in [3.63, 3.8) is 0 Å². The minimum atomic E-state index is -3.50. The Morgan fingerprint density at radius 2 is 1.92 bits per heavy atom. The molecule has 1 amide bonds. The van der Waals surface area contributed by atoms with Crippen molar-refractivity contribution in [2.75, 3.05) is 26.2 Å². The number of hydrogen-bond donors (Lipinski definition) is 1. The molecule has 2 aromatic rings. The van der Waals surface area contributed by atoms with E-state index in [1.54, 1.807) is 11.0 Å². The fourth-order valence-electron chi connectivity index (χ4n) is 3.78. The Hall–Kier alpha value is -1.71. The van der Waals surface area contributed by atoms with Gasteiger partial charge in [0.15, 0.2) is 5.69 Å². The summed E-state index contributed by atoms with van der Waals surface area (Å²) in [7, 11) is -3.50. The fourth-order valence-corrected chi connectivity index (χ4v) is 6.73. The Morgan fingerprint density at radius 1 is 1.19 bits per heavy atom. The predicted octanol–water partition coefficient (Wildman–Crippen LogP) is 1.72. The van der Waals surface area contributed by atoms with Gasteiger partial charge in [0.1, 0.15) is 0 Å². The molecule has 1 aliphatic carbocycles. The van der Waals surface area contributed by atoms with E-state index >= 15 is 0 Å². The zero-order valence-corrected chi connectivity index (χ0v) is 16.5. The van der Waals surface area contributed by atoms with E-state index in [1.165, 1.54) is 15.6 Å². The average Bonchev–Trinajstić information content (AvgIpc) is 3.30. The molecule has 1 aliphatic heterocycles. The molecule has 0 spiro atoms. The van der Waals surface area contributed by atoms with E-state index in [1.807, 2.05) is 13.8 Å². The van der Waals surface area contributed by atoms with Gasteiger partial charge in [0.05, 0.1) is 4.90 Å². The Bertz CT molecular complexity index is 953. The van der Waals surface area contributed by atoms with E-state index in [4.69, 9.17) is 0 Å². The highest BCUT2D eigenvalue weighted by Gasteiger charge is 2.34. The largest absolute Gasteiger partial charge is 0.335 e. The smallest absolute Gasteiger partial charge is 0.274 e. The molecule has 4 rings (SSSR count). The Balaban J connectivity index is 1.47. The number of fused-ring (bicyclic) bond motifs is 1. The molecular weight excluding hydrogens is 372 g/mol. The van der Waals surface area contributed by atoms with Crippen LogP contribution in [-0.4, -0.2) is 59.9 Å². The highest BCUT2D eigenvalue weighted by atomic mass is 32.2. The lowest BCUT2D eigenvalue weighted by Crippen LogP contribution is -2.50. The second-order valence-corrected chi connectivity index (χ2v) is 10.2. The zero-order valence-electron chi connectivity index (χ0n) is 14.9. The van der Waals surface area contributed by atoms with Gasteiger partial charge in [-0.15, -0.1) is 11.3 Å². The van der Waals surface area contributed by atoms with Gasteiger partial charge in [0, 0.05) is 47.2 Å². The maximum atomic E-state index is 12.9. The predicted molar refractivity (Wildman–Crippen MR) is 99.1 cm³/mol. The van der Waals surface area contributed by atoms with Crippen molar-refractivity contribution in [3.8, 4) is 0 Å². The number of rotatable bonds is 3. The molecule has 0 radical (unpaired) electrons. The molecule has 0 saturated carbocycles. The van der Waals surface area contributed by atoms with Crippen LogP contribution in [0.25, 0.3) is 0 Å². The quantitative estimate of drug-likeness (QED) is 0.859. The van der Waals surface area contributed by atoms with Crippen molar-refractivity contribution in [1.82, 2.24) is 19.4 Å². The molecule has 140 valence electrons. The molecule has 1 fully saturated rings. The van der Waals surface area contributed by atoms with Gasteiger partial charge in [-0.25, -0.2) is 8.42 Å². The van der Waals surface area contributed by atoms with Crippen LogP contribution in [0, 0.1) is 13.8 Å². The van der Waals surface area contributed by atoms with Gasteiger partial charge in [0.25, 0.3) is 5.91 Å². The number of amides is 1. The number of sulfonamides is 1. The molecule has 0 aromatic carbocycles. The number of piperazine rings is 1. The normalized spacial score (nSPS) is 18.3. The summed E-state index contributed by atoms with van der Waals surface area (Å²) in [5.74, 6) is -0.0935. The van der Waals surface area contributed by atoms with Crippen LogP contribution in [0.1, 0.15) is 37.9 Å².